The Balaban J connectivity index is 1.76. The van der Waals surface area contributed by atoms with E-state index in [4.69, 9.17) is 24.1 Å². The van der Waals surface area contributed by atoms with Gasteiger partial charge >= 0.3 is 0 Å². The number of ether oxygens (including phenoxy) is 4. The zero-order chi connectivity index (χ0) is 16.2. The summed E-state index contributed by atoms with van der Waals surface area (Å²) in [6.07, 6.45) is -2.91. The van der Waals surface area contributed by atoms with E-state index in [2.05, 4.69) is 5.32 Å². The molecule has 0 aliphatic carbocycles. The molecule has 2 heterocycles. The summed E-state index contributed by atoms with van der Waals surface area (Å²) in [5.41, 5.74) is 0.912. The van der Waals surface area contributed by atoms with Crippen molar-refractivity contribution in [3.8, 4) is 0 Å². The van der Waals surface area contributed by atoms with Crippen LogP contribution in [0.25, 0.3) is 0 Å². The lowest BCUT2D eigenvalue weighted by molar-refractivity contribution is -0.341. The Morgan fingerprint density at radius 1 is 1.26 bits per heavy atom. The number of hydrogen-bond donors (Lipinski definition) is 3. The molecule has 0 bridgehead atoms. The van der Waals surface area contributed by atoms with Gasteiger partial charge in [-0.2, -0.15) is 0 Å². The van der Waals surface area contributed by atoms with E-state index in [1.807, 2.05) is 30.3 Å². The summed E-state index contributed by atoms with van der Waals surface area (Å²) in [6.45, 7) is 0.660. The molecule has 23 heavy (non-hydrogen) atoms. The fourth-order valence-corrected chi connectivity index (χ4v) is 3.04. The highest BCUT2D eigenvalue weighted by Gasteiger charge is 2.49. The molecule has 0 spiro atoms. The van der Waals surface area contributed by atoms with Crippen molar-refractivity contribution < 1.29 is 29.2 Å². The van der Waals surface area contributed by atoms with Gasteiger partial charge in [0.2, 0.25) is 0 Å². The quantitative estimate of drug-likeness (QED) is 0.690. The molecular weight excluding hydrogens is 302 g/mol. The normalized spacial score (nSPS) is 37.3. The summed E-state index contributed by atoms with van der Waals surface area (Å²) in [4.78, 5) is 0. The van der Waals surface area contributed by atoms with Crippen molar-refractivity contribution in [2.75, 3.05) is 26.9 Å². The van der Waals surface area contributed by atoms with Gasteiger partial charge in [0.1, 0.15) is 18.3 Å². The van der Waals surface area contributed by atoms with Gasteiger partial charge in [0.05, 0.1) is 19.3 Å². The Morgan fingerprint density at radius 3 is 2.74 bits per heavy atom. The third-order valence-corrected chi connectivity index (χ3v) is 4.16. The number of methoxy groups -OCH3 is 1. The van der Waals surface area contributed by atoms with Crippen LogP contribution in [-0.4, -0.2) is 67.7 Å². The van der Waals surface area contributed by atoms with Crippen LogP contribution in [0.5, 0.6) is 0 Å². The molecule has 0 aromatic heterocycles. The molecule has 2 saturated heterocycles. The van der Waals surface area contributed by atoms with Crippen molar-refractivity contribution in [3.63, 3.8) is 0 Å². The van der Waals surface area contributed by atoms with Crippen LogP contribution < -0.4 is 5.32 Å². The number of aliphatic hydroxyl groups excluding tert-OH is 2. The number of aliphatic hydroxyl groups is 2. The number of rotatable bonds is 5. The molecule has 2 aliphatic heterocycles. The minimum absolute atomic E-state index is 0.0300. The Hall–Kier alpha value is -1.06. The van der Waals surface area contributed by atoms with Gasteiger partial charge in [-0.3, -0.25) is 0 Å². The topological polar surface area (TPSA) is 89.4 Å². The Labute approximate surface area is 135 Å². The second kappa shape index (κ2) is 7.67. The minimum atomic E-state index is -0.901. The summed E-state index contributed by atoms with van der Waals surface area (Å²) >= 11 is 0. The highest BCUT2D eigenvalue weighted by Crippen LogP contribution is 2.34. The fourth-order valence-electron chi connectivity index (χ4n) is 3.04. The van der Waals surface area contributed by atoms with Crippen LogP contribution in [0, 0.1) is 0 Å². The largest absolute Gasteiger partial charge is 0.395 e. The van der Waals surface area contributed by atoms with E-state index in [-0.39, 0.29) is 12.7 Å². The third-order valence-electron chi connectivity index (χ3n) is 4.16. The molecule has 2 fully saturated rings. The zero-order valence-electron chi connectivity index (χ0n) is 13.0. The maximum atomic E-state index is 10.4. The van der Waals surface area contributed by atoms with Gasteiger partial charge in [0.15, 0.2) is 12.6 Å². The number of hydrogen-bond acceptors (Lipinski definition) is 7. The van der Waals surface area contributed by atoms with Crippen molar-refractivity contribution in [1.82, 2.24) is 5.32 Å². The number of fused-ring (bicyclic) bond motifs is 1. The monoisotopic (exact) mass is 325 g/mol. The van der Waals surface area contributed by atoms with Crippen LogP contribution in [0.4, 0.5) is 0 Å². The molecule has 1 aromatic carbocycles. The van der Waals surface area contributed by atoms with E-state index in [1.165, 1.54) is 7.11 Å². The van der Waals surface area contributed by atoms with E-state index in [0.29, 0.717) is 13.2 Å². The average molecular weight is 325 g/mol. The summed E-state index contributed by atoms with van der Waals surface area (Å²) in [7, 11) is 1.48. The van der Waals surface area contributed by atoms with Crippen LogP contribution in [0.1, 0.15) is 11.9 Å². The molecule has 2 aliphatic rings. The first kappa shape index (κ1) is 16.8. The molecule has 0 radical (unpaired) electrons. The molecule has 7 heteroatoms. The summed E-state index contributed by atoms with van der Waals surface area (Å²) in [5.74, 6) is 0. The van der Waals surface area contributed by atoms with E-state index in [0.717, 1.165) is 5.56 Å². The fraction of sp³-hybridized carbons (Fsp3) is 0.625. The molecule has 6 atom stereocenters. The molecule has 3 rings (SSSR count). The van der Waals surface area contributed by atoms with E-state index in [1.54, 1.807) is 0 Å². The van der Waals surface area contributed by atoms with Gasteiger partial charge in [-0.05, 0) is 0 Å². The minimum Gasteiger partial charge on any atom is -0.395 e. The van der Waals surface area contributed by atoms with E-state index in [9.17, 15) is 5.11 Å². The second-order valence-corrected chi connectivity index (χ2v) is 5.65. The highest BCUT2D eigenvalue weighted by molar-refractivity contribution is 5.16. The SMILES string of the molecule is COC1OC2COC(c3ccccc3)OC2C(NCCO)C1O. The maximum absolute atomic E-state index is 10.4. The summed E-state index contributed by atoms with van der Waals surface area (Å²) < 4.78 is 22.7. The molecule has 128 valence electrons. The average Bonchev–Trinajstić information content (AvgIpc) is 2.61. The third kappa shape index (κ3) is 3.56. The molecule has 0 saturated carbocycles. The van der Waals surface area contributed by atoms with Gasteiger partial charge in [0, 0.05) is 19.2 Å². The first-order valence-corrected chi connectivity index (χ1v) is 7.77. The van der Waals surface area contributed by atoms with Crippen molar-refractivity contribution in [1.29, 1.82) is 0 Å². The zero-order valence-corrected chi connectivity index (χ0v) is 13.0. The second-order valence-electron chi connectivity index (χ2n) is 5.65. The van der Waals surface area contributed by atoms with Crippen molar-refractivity contribution in [2.24, 2.45) is 0 Å². The smallest absolute Gasteiger partial charge is 0.185 e. The number of nitrogens with one attached hydrogen (secondary N) is 1. The van der Waals surface area contributed by atoms with Gasteiger partial charge in [-0.25, -0.2) is 0 Å². The van der Waals surface area contributed by atoms with Gasteiger partial charge in [0.25, 0.3) is 0 Å². The first-order chi connectivity index (χ1) is 11.2. The molecule has 3 N–H and O–H groups in total. The lowest BCUT2D eigenvalue weighted by Crippen LogP contribution is -2.66. The Morgan fingerprint density at radius 2 is 2.04 bits per heavy atom. The van der Waals surface area contributed by atoms with Crippen molar-refractivity contribution in [2.45, 2.75) is 36.9 Å². The lowest BCUT2D eigenvalue weighted by Gasteiger charge is -2.48. The predicted octanol–water partition coefficient (Wildman–Crippen LogP) is -0.217. The molecule has 1 aromatic rings. The van der Waals surface area contributed by atoms with Crippen LogP contribution in [0.2, 0.25) is 0 Å². The Kier molecular flexibility index (Phi) is 5.60. The van der Waals surface area contributed by atoms with Crippen LogP contribution in [-0.2, 0) is 18.9 Å². The van der Waals surface area contributed by atoms with Gasteiger partial charge < -0.3 is 34.5 Å². The summed E-state index contributed by atoms with van der Waals surface area (Å²) in [5, 5.41) is 22.6. The molecule has 0 amide bonds. The first-order valence-electron chi connectivity index (χ1n) is 7.77. The summed E-state index contributed by atoms with van der Waals surface area (Å²) in [6, 6.07) is 9.21. The van der Waals surface area contributed by atoms with Crippen LogP contribution in [0.3, 0.4) is 0 Å². The standard InChI is InChI=1S/C16H23NO6/c1-20-16-13(19)12(17-7-8-18)14-11(22-16)9-21-15(23-14)10-5-3-2-4-6-10/h2-6,11-19H,7-9H2,1H3. The molecular formula is C16H23NO6. The van der Waals surface area contributed by atoms with Gasteiger partial charge in [-0.1, -0.05) is 30.3 Å². The maximum Gasteiger partial charge on any atom is 0.185 e. The van der Waals surface area contributed by atoms with Crippen molar-refractivity contribution in [3.05, 3.63) is 35.9 Å². The van der Waals surface area contributed by atoms with Crippen LogP contribution in [0.15, 0.2) is 30.3 Å². The Bertz CT molecular complexity index is 487. The van der Waals surface area contributed by atoms with Crippen molar-refractivity contribution >= 4 is 0 Å². The predicted molar refractivity (Wildman–Crippen MR) is 80.6 cm³/mol. The van der Waals surface area contributed by atoms with E-state index >= 15 is 0 Å². The van der Waals surface area contributed by atoms with Gasteiger partial charge in [-0.15, -0.1) is 0 Å². The van der Waals surface area contributed by atoms with E-state index < -0.39 is 30.8 Å². The lowest BCUT2D eigenvalue weighted by atomic mass is 9.95. The highest BCUT2D eigenvalue weighted by atomic mass is 16.7. The molecule has 6 unspecified atom stereocenters. The number of benzene rings is 1. The van der Waals surface area contributed by atoms with Crippen LogP contribution >= 0.6 is 0 Å². The molecule has 7 nitrogen and oxygen atoms in total.